The van der Waals surface area contributed by atoms with Gasteiger partial charge in [-0.25, -0.2) is 4.79 Å². The van der Waals surface area contributed by atoms with E-state index in [9.17, 15) is 9.59 Å². The molecule has 21 heavy (non-hydrogen) atoms. The number of aromatic carboxylic acids is 1. The number of hydrogen-bond donors (Lipinski definition) is 3. The number of carboxylic acids is 1. The maximum absolute atomic E-state index is 12.4. The number of carboxylic acid groups (broad SMARTS) is 1. The molecule has 0 aliphatic carbocycles. The van der Waals surface area contributed by atoms with Crippen molar-refractivity contribution in [2.24, 2.45) is 5.41 Å². The van der Waals surface area contributed by atoms with E-state index >= 15 is 0 Å². The molecule has 1 aliphatic rings. The van der Waals surface area contributed by atoms with Gasteiger partial charge in [-0.2, -0.15) is 0 Å². The third kappa shape index (κ3) is 3.54. The zero-order chi connectivity index (χ0) is 15.6. The molecule has 1 atom stereocenters. The Hall–Kier alpha value is -1.59. The molecule has 0 bridgehead atoms. The average Bonchev–Trinajstić information content (AvgIpc) is 2.37. The predicted octanol–water partition coefficient (Wildman–Crippen LogP) is 2.75. The molecule has 1 unspecified atom stereocenters. The van der Waals surface area contributed by atoms with Crippen LogP contribution in [0.5, 0.6) is 0 Å². The molecule has 1 aliphatic heterocycles. The van der Waals surface area contributed by atoms with Gasteiger partial charge in [-0.1, -0.05) is 25.4 Å². The summed E-state index contributed by atoms with van der Waals surface area (Å²) in [4.78, 5) is 23.3. The largest absolute Gasteiger partial charge is 0.478 e. The third-order valence-corrected chi connectivity index (χ3v) is 4.17. The van der Waals surface area contributed by atoms with Gasteiger partial charge in [0.05, 0.1) is 16.6 Å². The summed E-state index contributed by atoms with van der Waals surface area (Å²) in [6, 6.07) is 4.12. The van der Waals surface area contributed by atoms with Crippen LogP contribution in [0, 0.1) is 5.41 Å². The second kappa shape index (κ2) is 6.03. The number of carbonyl (C=O) groups excluding carboxylic acids is 1. The Morgan fingerprint density at radius 2 is 2.14 bits per heavy atom. The molecule has 0 saturated carbocycles. The maximum Gasteiger partial charge on any atom is 0.337 e. The van der Waals surface area contributed by atoms with Gasteiger partial charge in [0.15, 0.2) is 0 Å². The molecule has 0 radical (unpaired) electrons. The van der Waals surface area contributed by atoms with E-state index in [-0.39, 0.29) is 28.0 Å². The lowest BCUT2D eigenvalue weighted by molar-refractivity contribution is -0.121. The van der Waals surface area contributed by atoms with Gasteiger partial charge in [-0.05, 0) is 43.0 Å². The zero-order valence-corrected chi connectivity index (χ0v) is 12.8. The molecular formula is C15H19ClN2O3. The number of nitrogens with one attached hydrogen (secondary N) is 2. The van der Waals surface area contributed by atoms with Crippen LogP contribution in [0.1, 0.15) is 37.0 Å². The number of anilines is 1. The molecule has 6 heteroatoms. The van der Waals surface area contributed by atoms with Crippen molar-refractivity contribution in [3.63, 3.8) is 0 Å². The normalized spacial score (nSPS) is 20.8. The number of rotatable bonds is 3. The van der Waals surface area contributed by atoms with Gasteiger partial charge in [0.25, 0.3) is 0 Å². The lowest BCUT2D eigenvalue weighted by atomic mass is 9.77. The molecule has 0 aromatic heterocycles. The molecule has 1 aromatic carbocycles. The topological polar surface area (TPSA) is 78.4 Å². The van der Waals surface area contributed by atoms with E-state index in [1.54, 1.807) is 6.07 Å². The Morgan fingerprint density at radius 1 is 1.43 bits per heavy atom. The first-order valence-electron chi connectivity index (χ1n) is 6.88. The highest BCUT2D eigenvalue weighted by Gasteiger charge is 2.37. The van der Waals surface area contributed by atoms with E-state index in [1.165, 1.54) is 12.1 Å². The number of benzene rings is 1. The first-order chi connectivity index (χ1) is 9.81. The summed E-state index contributed by atoms with van der Waals surface area (Å²) in [5.74, 6) is -1.22. The van der Waals surface area contributed by atoms with Crippen molar-refractivity contribution >= 4 is 29.2 Å². The zero-order valence-electron chi connectivity index (χ0n) is 12.1. The van der Waals surface area contributed by atoms with E-state index in [0.717, 1.165) is 19.4 Å². The van der Waals surface area contributed by atoms with E-state index in [2.05, 4.69) is 24.5 Å². The molecule has 1 amide bonds. The van der Waals surface area contributed by atoms with E-state index < -0.39 is 5.97 Å². The number of amides is 1. The highest BCUT2D eigenvalue weighted by Crippen LogP contribution is 2.31. The van der Waals surface area contributed by atoms with Crippen molar-refractivity contribution in [1.82, 2.24) is 5.32 Å². The smallest absolute Gasteiger partial charge is 0.337 e. The highest BCUT2D eigenvalue weighted by atomic mass is 35.5. The molecule has 1 aromatic rings. The van der Waals surface area contributed by atoms with Crippen LogP contribution in [0.2, 0.25) is 5.02 Å². The molecule has 0 spiro atoms. The Balaban J connectivity index is 2.12. The quantitative estimate of drug-likeness (QED) is 0.802. The summed E-state index contributed by atoms with van der Waals surface area (Å²) in [6.45, 7) is 4.94. The van der Waals surface area contributed by atoms with Gasteiger partial charge in [0.1, 0.15) is 0 Å². The van der Waals surface area contributed by atoms with E-state index in [4.69, 9.17) is 16.7 Å². The van der Waals surface area contributed by atoms with Gasteiger partial charge >= 0.3 is 5.97 Å². The molecule has 5 nitrogen and oxygen atoms in total. The van der Waals surface area contributed by atoms with Crippen molar-refractivity contribution in [1.29, 1.82) is 0 Å². The number of carbonyl (C=O) groups is 2. The first kappa shape index (κ1) is 15.8. The van der Waals surface area contributed by atoms with E-state index in [1.807, 2.05) is 0 Å². The van der Waals surface area contributed by atoms with Gasteiger partial charge in [0.2, 0.25) is 5.91 Å². The first-order valence-corrected chi connectivity index (χ1v) is 7.26. The van der Waals surface area contributed by atoms with Crippen LogP contribution < -0.4 is 10.6 Å². The Labute approximate surface area is 128 Å². The summed E-state index contributed by atoms with van der Waals surface area (Å²) in [5.41, 5.74) is 0.400. The Morgan fingerprint density at radius 3 is 2.71 bits per heavy atom. The average molecular weight is 311 g/mol. The fourth-order valence-corrected chi connectivity index (χ4v) is 2.90. The number of piperidine rings is 1. The second-order valence-electron chi connectivity index (χ2n) is 5.97. The molecule has 1 saturated heterocycles. The minimum absolute atomic E-state index is 0.0192. The lowest BCUT2D eigenvalue weighted by Gasteiger charge is -2.38. The summed E-state index contributed by atoms with van der Waals surface area (Å²) >= 11 is 5.90. The van der Waals surface area contributed by atoms with Crippen molar-refractivity contribution < 1.29 is 14.7 Å². The summed E-state index contributed by atoms with van der Waals surface area (Å²) < 4.78 is 0. The standard InChI is InChI=1S/C15H19ClN2O3/c1-15(2)6-3-7-17-12(15)13(19)18-9-4-5-10(14(20)21)11(16)8-9/h4-5,8,12,17H,3,6-7H2,1-2H3,(H,18,19)(H,20,21). The predicted molar refractivity (Wildman–Crippen MR) is 81.8 cm³/mol. The highest BCUT2D eigenvalue weighted by molar-refractivity contribution is 6.33. The van der Waals surface area contributed by atoms with Gasteiger partial charge in [-0.3, -0.25) is 4.79 Å². The number of hydrogen-bond acceptors (Lipinski definition) is 3. The van der Waals surface area contributed by atoms with Gasteiger partial charge < -0.3 is 15.7 Å². The summed E-state index contributed by atoms with van der Waals surface area (Å²) in [5, 5.41) is 15.1. The van der Waals surface area contributed by atoms with Crippen molar-refractivity contribution in [2.75, 3.05) is 11.9 Å². The molecule has 1 heterocycles. The van der Waals surface area contributed by atoms with Crippen LogP contribution in [-0.4, -0.2) is 29.6 Å². The van der Waals surface area contributed by atoms with Crippen molar-refractivity contribution in [3.05, 3.63) is 28.8 Å². The second-order valence-corrected chi connectivity index (χ2v) is 6.38. The third-order valence-electron chi connectivity index (χ3n) is 3.86. The van der Waals surface area contributed by atoms with Gasteiger partial charge in [0, 0.05) is 5.69 Å². The summed E-state index contributed by atoms with van der Waals surface area (Å²) in [6.07, 6.45) is 2.03. The molecule has 1 fully saturated rings. The minimum Gasteiger partial charge on any atom is -0.478 e. The Kier molecular flexibility index (Phi) is 4.54. The minimum atomic E-state index is -1.09. The van der Waals surface area contributed by atoms with E-state index in [0.29, 0.717) is 5.69 Å². The van der Waals surface area contributed by atoms with Crippen molar-refractivity contribution in [3.8, 4) is 0 Å². The van der Waals surface area contributed by atoms with Gasteiger partial charge in [-0.15, -0.1) is 0 Å². The molecule has 2 rings (SSSR count). The SMILES string of the molecule is CC1(C)CCCNC1C(=O)Nc1ccc(C(=O)O)c(Cl)c1. The van der Waals surface area contributed by atoms with Crippen LogP contribution in [0.25, 0.3) is 0 Å². The fourth-order valence-electron chi connectivity index (χ4n) is 2.64. The fraction of sp³-hybridized carbons (Fsp3) is 0.467. The Bertz CT molecular complexity index is 572. The lowest BCUT2D eigenvalue weighted by Crippen LogP contribution is -2.53. The van der Waals surface area contributed by atoms with Crippen LogP contribution in [0.4, 0.5) is 5.69 Å². The van der Waals surface area contributed by atoms with Crippen LogP contribution in [0.15, 0.2) is 18.2 Å². The van der Waals surface area contributed by atoms with Crippen LogP contribution in [0.3, 0.4) is 0 Å². The molecule has 114 valence electrons. The summed E-state index contributed by atoms with van der Waals surface area (Å²) in [7, 11) is 0. The monoisotopic (exact) mass is 310 g/mol. The van der Waals surface area contributed by atoms with Crippen molar-refractivity contribution in [2.45, 2.75) is 32.7 Å². The number of halogens is 1. The van der Waals surface area contributed by atoms with Crippen LogP contribution in [-0.2, 0) is 4.79 Å². The maximum atomic E-state index is 12.4. The molecular weight excluding hydrogens is 292 g/mol. The van der Waals surface area contributed by atoms with Crippen LogP contribution >= 0.6 is 11.6 Å². The molecule has 3 N–H and O–H groups in total.